The number of rotatable bonds is 3. The second kappa shape index (κ2) is 5.36. The molecule has 0 radical (unpaired) electrons. The van der Waals surface area contributed by atoms with Crippen LogP contribution in [-0.2, 0) is 6.54 Å². The number of nitrogens with one attached hydrogen (secondary N) is 1. The Morgan fingerprint density at radius 1 is 1.00 bits per heavy atom. The Kier molecular flexibility index (Phi) is 3.39. The van der Waals surface area contributed by atoms with Gasteiger partial charge in [-0.3, -0.25) is 4.98 Å². The third kappa shape index (κ3) is 2.76. The fourth-order valence-corrected chi connectivity index (χ4v) is 2.17. The Labute approximate surface area is 120 Å². The van der Waals surface area contributed by atoms with E-state index in [0.29, 0.717) is 17.8 Å². The molecule has 0 fully saturated rings. The molecule has 0 aliphatic heterocycles. The molecule has 0 bridgehead atoms. The van der Waals surface area contributed by atoms with Crippen molar-refractivity contribution in [3.8, 4) is 0 Å². The van der Waals surface area contributed by atoms with Gasteiger partial charge in [-0.1, -0.05) is 6.07 Å². The molecule has 0 atom stereocenters. The minimum Gasteiger partial charge on any atom is -0.399 e. The number of pyridine rings is 1. The summed E-state index contributed by atoms with van der Waals surface area (Å²) in [6, 6.07) is 11.2. The van der Waals surface area contributed by atoms with E-state index in [1.807, 2.05) is 12.1 Å². The van der Waals surface area contributed by atoms with Crippen molar-refractivity contribution in [2.45, 2.75) is 6.54 Å². The zero-order valence-corrected chi connectivity index (χ0v) is 11.1. The molecule has 0 unspecified atom stereocenters. The number of nitrogens with two attached hydrogens (primary N) is 1. The van der Waals surface area contributed by atoms with Gasteiger partial charge in [-0.15, -0.1) is 0 Å². The number of hydrogen-bond donors (Lipinski definition) is 2. The normalized spacial score (nSPS) is 10.8. The molecule has 1 aromatic heterocycles. The van der Waals surface area contributed by atoms with Gasteiger partial charge in [-0.25, -0.2) is 8.78 Å². The van der Waals surface area contributed by atoms with Crippen LogP contribution in [0.4, 0.5) is 20.2 Å². The first-order valence-electron chi connectivity index (χ1n) is 6.45. The van der Waals surface area contributed by atoms with Crippen LogP contribution >= 0.6 is 0 Å². The zero-order valence-electron chi connectivity index (χ0n) is 11.1. The minimum atomic E-state index is -0.846. The fourth-order valence-electron chi connectivity index (χ4n) is 2.17. The molecule has 3 nitrogen and oxygen atoms in total. The summed E-state index contributed by atoms with van der Waals surface area (Å²) in [5.74, 6) is -1.69. The highest BCUT2D eigenvalue weighted by Gasteiger charge is 2.05. The molecular weight excluding hydrogens is 272 g/mol. The van der Waals surface area contributed by atoms with Crippen molar-refractivity contribution >= 4 is 22.3 Å². The van der Waals surface area contributed by atoms with Crippen LogP contribution in [0.15, 0.2) is 48.7 Å². The van der Waals surface area contributed by atoms with Gasteiger partial charge in [0.1, 0.15) is 0 Å². The highest BCUT2D eigenvalue weighted by molar-refractivity contribution is 5.92. The monoisotopic (exact) mass is 285 g/mol. The molecule has 5 heteroatoms. The Morgan fingerprint density at radius 3 is 2.67 bits per heavy atom. The average Bonchev–Trinajstić information content (AvgIpc) is 2.48. The van der Waals surface area contributed by atoms with Gasteiger partial charge < -0.3 is 11.1 Å². The van der Waals surface area contributed by atoms with Crippen molar-refractivity contribution in [3.63, 3.8) is 0 Å². The molecule has 2 aromatic carbocycles. The maximum atomic E-state index is 13.2. The Hall–Kier alpha value is -2.69. The smallest absolute Gasteiger partial charge is 0.159 e. The summed E-state index contributed by atoms with van der Waals surface area (Å²) in [5, 5.41) is 4.13. The number of anilines is 2. The molecule has 106 valence electrons. The number of nitrogen functional groups attached to an aromatic ring is 1. The van der Waals surface area contributed by atoms with Gasteiger partial charge >= 0.3 is 0 Å². The number of benzene rings is 2. The van der Waals surface area contributed by atoms with E-state index in [9.17, 15) is 8.78 Å². The van der Waals surface area contributed by atoms with Crippen LogP contribution in [0.2, 0.25) is 0 Å². The van der Waals surface area contributed by atoms with Crippen molar-refractivity contribution in [2.24, 2.45) is 0 Å². The SMILES string of the molecule is Nc1ccc2c(NCc3ccc(F)c(F)c3)ccnc2c1. The van der Waals surface area contributed by atoms with Crippen LogP contribution in [0.1, 0.15) is 5.56 Å². The van der Waals surface area contributed by atoms with Crippen LogP contribution < -0.4 is 11.1 Å². The Morgan fingerprint density at radius 2 is 1.86 bits per heavy atom. The van der Waals surface area contributed by atoms with Crippen LogP contribution in [0.3, 0.4) is 0 Å². The quantitative estimate of drug-likeness (QED) is 0.721. The van der Waals surface area contributed by atoms with Crippen molar-refractivity contribution in [2.75, 3.05) is 11.1 Å². The van der Waals surface area contributed by atoms with Crippen molar-refractivity contribution < 1.29 is 8.78 Å². The zero-order chi connectivity index (χ0) is 14.8. The number of halogens is 2. The average molecular weight is 285 g/mol. The summed E-state index contributed by atoms with van der Waals surface area (Å²) < 4.78 is 26.1. The van der Waals surface area contributed by atoms with Crippen LogP contribution in [0.25, 0.3) is 10.9 Å². The van der Waals surface area contributed by atoms with Crippen LogP contribution in [-0.4, -0.2) is 4.98 Å². The first-order chi connectivity index (χ1) is 10.1. The lowest BCUT2D eigenvalue weighted by Crippen LogP contribution is -2.01. The first kappa shape index (κ1) is 13.3. The van der Waals surface area contributed by atoms with Gasteiger partial charge in [0.05, 0.1) is 5.52 Å². The summed E-state index contributed by atoms with van der Waals surface area (Å²) >= 11 is 0. The van der Waals surface area contributed by atoms with Gasteiger partial charge in [0.25, 0.3) is 0 Å². The van der Waals surface area contributed by atoms with Gasteiger partial charge in [-0.2, -0.15) is 0 Å². The lowest BCUT2D eigenvalue weighted by molar-refractivity contribution is 0.507. The fraction of sp³-hybridized carbons (Fsp3) is 0.0625. The maximum absolute atomic E-state index is 13.2. The predicted molar refractivity (Wildman–Crippen MR) is 79.8 cm³/mol. The van der Waals surface area contributed by atoms with E-state index in [0.717, 1.165) is 22.7 Å². The molecule has 0 aliphatic carbocycles. The Balaban J connectivity index is 1.86. The van der Waals surface area contributed by atoms with Gasteiger partial charge in [0.2, 0.25) is 0 Å². The lowest BCUT2D eigenvalue weighted by Gasteiger charge is -2.10. The minimum absolute atomic E-state index is 0.390. The molecular formula is C16H13F2N3. The predicted octanol–water partition coefficient (Wildman–Crippen LogP) is 3.71. The lowest BCUT2D eigenvalue weighted by atomic mass is 10.1. The number of fused-ring (bicyclic) bond motifs is 1. The molecule has 0 aliphatic rings. The molecule has 3 rings (SSSR count). The van der Waals surface area contributed by atoms with Gasteiger partial charge in [0.15, 0.2) is 11.6 Å². The van der Waals surface area contributed by atoms with Crippen molar-refractivity contribution in [1.82, 2.24) is 4.98 Å². The van der Waals surface area contributed by atoms with E-state index < -0.39 is 11.6 Å². The molecule has 3 aromatic rings. The summed E-state index contributed by atoms with van der Waals surface area (Å²) in [4.78, 5) is 4.25. The highest BCUT2D eigenvalue weighted by atomic mass is 19.2. The standard InChI is InChI=1S/C16H13F2N3/c17-13-4-1-10(7-14(13)18)9-21-15-5-6-20-16-8-11(19)2-3-12(15)16/h1-8H,9,19H2,(H,20,21). The third-order valence-electron chi connectivity index (χ3n) is 3.23. The van der Waals surface area contributed by atoms with E-state index in [1.165, 1.54) is 6.07 Å². The topological polar surface area (TPSA) is 50.9 Å². The van der Waals surface area contributed by atoms with Crippen molar-refractivity contribution in [1.29, 1.82) is 0 Å². The molecule has 0 amide bonds. The summed E-state index contributed by atoms with van der Waals surface area (Å²) in [6.45, 7) is 0.390. The van der Waals surface area contributed by atoms with E-state index >= 15 is 0 Å². The third-order valence-corrected chi connectivity index (χ3v) is 3.23. The molecule has 0 saturated heterocycles. The van der Waals surface area contributed by atoms with Crippen LogP contribution in [0.5, 0.6) is 0 Å². The van der Waals surface area contributed by atoms with E-state index in [1.54, 1.807) is 24.4 Å². The molecule has 21 heavy (non-hydrogen) atoms. The largest absolute Gasteiger partial charge is 0.399 e. The first-order valence-corrected chi connectivity index (χ1v) is 6.45. The van der Waals surface area contributed by atoms with Crippen LogP contribution in [0, 0.1) is 11.6 Å². The van der Waals surface area contributed by atoms with Crippen molar-refractivity contribution in [3.05, 3.63) is 65.9 Å². The van der Waals surface area contributed by atoms with E-state index in [4.69, 9.17) is 5.73 Å². The summed E-state index contributed by atoms with van der Waals surface area (Å²) in [5.41, 5.74) is 8.69. The highest BCUT2D eigenvalue weighted by Crippen LogP contribution is 2.24. The number of hydrogen-bond acceptors (Lipinski definition) is 3. The van der Waals surface area contributed by atoms with Gasteiger partial charge in [-0.05, 0) is 42.0 Å². The van der Waals surface area contributed by atoms with Gasteiger partial charge in [0, 0.05) is 29.5 Å². The Bertz CT molecular complexity index is 803. The molecule has 1 heterocycles. The maximum Gasteiger partial charge on any atom is 0.159 e. The summed E-state index contributed by atoms with van der Waals surface area (Å²) in [7, 11) is 0. The molecule has 0 spiro atoms. The second-order valence-corrected chi connectivity index (χ2v) is 4.74. The molecule has 3 N–H and O–H groups in total. The number of aromatic nitrogens is 1. The second-order valence-electron chi connectivity index (χ2n) is 4.74. The number of nitrogens with zero attached hydrogens (tertiary/aromatic N) is 1. The summed E-state index contributed by atoms with van der Waals surface area (Å²) in [6.07, 6.45) is 1.68. The van der Waals surface area contributed by atoms with E-state index in [2.05, 4.69) is 10.3 Å². The van der Waals surface area contributed by atoms with E-state index in [-0.39, 0.29) is 0 Å². The molecule has 0 saturated carbocycles.